The third kappa shape index (κ3) is 5.45. The molecule has 0 saturated heterocycles. The Balaban J connectivity index is 1.01. The number of hydrogen-bond donors (Lipinski definition) is 0. The van der Waals surface area contributed by atoms with Crippen molar-refractivity contribution in [3.63, 3.8) is 0 Å². The van der Waals surface area contributed by atoms with Crippen molar-refractivity contribution in [3.8, 4) is 22.9 Å². The number of rotatable bonds is 6. The quantitative estimate of drug-likeness (QED) is 0.187. The summed E-state index contributed by atoms with van der Waals surface area (Å²) in [4.78, 5) is 14.7. The van der Waals surface area contributed by atoms with Gasteiger partial charge in [-0.1, -0.05) is 73.9 Å². The van der Waals surface area contributed by atoms with Crippen molar-refractivity contribution >= 4 is 11.5 Å². The molecule has 1 fully saturated rings. The molecule has 1 saturated carbocycles. The summed E-state index contributed by atoms with van der Waals surface area (Å²) in [5.74, 6) is 2.94. The van der Waals surface area contributed by atoms with Gasteiger partial charge >= 0.3 is 0 Å². The Hall–Kier alpha value is -4.90. The zero-order chi connectivity index (χ0) is 32.1. The molecule has 4 aliphatic rings. The number of allylic oxidation sites excluding steroid dienone is 1. The number of anilines is 2. The van der Waals surface area contributed by atoms with Crippen molar-refractivity contribution in [3.05, 3.63) is 143 Å². The van der Waals surface area contributed by atoms with Crippen LogP contribution in [-0.4, -0.2) is 16.6 Å². The molecule has 0 bridgehead atoms. The highest BCUT2D eigenvalue weighted by molar-refractivity contribution is 5.68. The number of fused-ring (bicyclic) bond motifs is 2. The standard InChI is InChI=1S/C43H42N4O/c1-30-28-46(37-16-6-3-7-17-37)29-47(30)40-22-36(31-11-4-2-5-12-31)23-41(45-40)48-38-18-10-15-32(21-38)42-39-27-43(26-35(39)19-20-44-42)24-33-13-8-9-14-34(33)25-43/h3,6-10,13-23,28,31H,2,4-5,11-12,24-27,29H2,1H3. The van der Waals surface area contributed by atoms with Gasteiger partial charge in [0.2, 0.25) is 5.88 Å². The van der Waals surface area contributed by atoms with E-state index in [2.05, 4.69) is 120 Å². The molecular formula is C43H42N4O. The molecule has 3 aromatic carbocycles. The number of nitrogens with zero attached hydrogens (tertiary/aromatic N) is 4. The number of benzene rings is 3. The largest absolute Gasteiger partial charge is 0.439 e. The molecule has 1 aliphatic heterocycles. The Bertz CT molecular complexity index is 1990. The number of ether oxygens (including phenoxy) is 1. The van der Waals surface area contributed by atoms with E-state index in [-0.39, 0.29) is 5.41 Å². The van der Waals surface area contributed by atoms with E-state index in [1.54, 1.807) is 0 Å². The predicted molar refractivity (Wildman–Crippen MR) is 194 cm³/mol. The van der Waals surface area contributed by atoms with Gasteiger partial charge in [0.25, 0.3) is 0 Å². The van der Waals surface area contributed by atoms with Crippen LogP contribution in [0.5, 0.6) is 11.6 Å². The van der Waals surface area contributed by atoms with Crippen LogP contribution < -0.4 is 14.5 Å². The maximum Gasteiger partial charge on any atom is 0.221 e. The van der Waals surface area contributed by atoms with Crippen molar-refractivity contribution in [2.75, 3.05) is 16.5 Å². The van der Waals surface area contributed by atoms with E-state index >= 15 is 0 Å². The third-order valence-corrected chi connectivity index (χ3v) is 11.2. The second-order valence-electron chi connectivity index (χ2n) is 14.5. The van der Waals surface area contributed by atoms with Crippen LogP contribution in [0, 0.1) is 5.41 Å². The van der Waals surface area contributed by atoms with Gasteiger partial charge in [-0.25, -0.2) is 0 Å². The van der Waals surface area contributed by atoms with Gasteiger partial charge in [0.1, 0.15) is 18.2 Å². The summed E-state index contributed by atoms with van der Waals surface area (Å²) in [6, 6.07) is 34.8. The summed E-state index contributed by atoms with van der Waals surface area (Å²) in [6.07, 6.45) is 15.1. The predicted octanol–water partition coefficient (Wildman–Crippen LogP) is 10.0. The first-order valence-corrected chi connectivity index (χ1v) is 17.7. The molecule has 5 aromatic rings. The van der Waals surface area contributed by atoms with Crippen molar-refractivity contribution in [1.82, 2.24) is 9.97 Å². The van der Waals surface area contributed by atoms with Crippen LogP contribution in [0.25, 0.3) is 11.3 Å². The number of pyridine rings is 2. The Morgan fingerprint density at radius 2 is 1.52 bits per heavy atom. The first-order chi connectivity index (χ1) is 23.6. The van der Waals surface area contributed by atoms with Crippen LogP contribution >= 0.6 is 0 Å². The van der Waals surface area contributed by atoms with E-state index in [0.717, 1.165) is 55.2 Å². The van der Waals surface area contributed by atoms with Crippen LogP contribution in [0.1, 0.15) is 72.8 Å². The van der Waals surface area contributed by atoms with E-state index in [1.807, 2.05) is 6.20 Å². The van der Waals surface area contributed by atoms with Crippen LogP contribution in [0.15, 0.2) is 115 Å². The Labute approximate surface area is 283 Å². The lowest BCUT2D eigenvalue weighted by atomic mass is 9.81. The topological polar surface area (TPSA) is 41.5 Å². The van der Waals surface area contributed by atoms with Gasteiger partial charge in [-0.15, -0.1) is 0 Å². The second kappa shape index (κ2) is 12.0. The van der Waals surface area contributed by atoms with Gasteiger partial charge in [-0.3, -0.25) is 4.98 Å². The molecule has 0 N–H and O–H groups in total. The Morgan fingerprint density at radius 3 is 2.33 bits per heavy atom. The highest BCUT2D eigenvalue weighted by atomic mass is 16.5. The van der Waals surface area contributed by atoms with Crippen LogP contribution in [0.2, 0.25) is 0 Å². The zero-order valence-corrected chi connectivity index (χ0v) is 27.7. The molecule has 5 nitrogen and oxygen atoms in total. The molecule has 3 aliphatic carbocycles. The zero-order valence-electron chi connectivity index (χ0n) is 27.7. The summed E-state index contributed by atoms with van der Waals surface area (Å²) in [5.41, 5.74) is 12.1. The monoisotopic (exact) mass is 630 g/mol. The maximum absolute atomic E-state index is 6.68. The Kier molecular flexibility index (Phi) is 7.29. The van der Waals surface area contributed by atoms with Crippen molar-refractivity contribution in [2.24, 2.45) is 5.41 Å². The fourth-order valence-corrected chi connectivity index (χ4v) is 8.84. The summed E-state index contributed by atoms with van der Waals surface area (Å²) in [7, 11) is 0. The lowest BCUT2D eigenvalue weighted by Gasteiger charge is -2.26. The average Bonchev–Trinajstić information content (AvgIpc) is 3.81. The molecule has 0 unspecified atom stereocenters. The minimum absolute atomic E-state index is 0.274. The summed E-state index contributed by atoms with van der Waals surface area (Å²) < 4.78 is 6.68. The minimum atomic E-state index is 0.274. The molecule has 240 valence electrons. The summed E-state index contributed by atoms with van der Waals surface area (Å²) >= 11 is 0. The molecule has 48 heavy (non-hydrogen) atoms. The number of para-hydroxylation sites is 1. The number of aromatic nitrogens is 2. The fourth-order valence-electron chi connectivity index (χ4n) is 8.84. The molecule has 9 rings (SSSR count). The first-order valence-electron chi connectivity index (χ1n) is 17.7. The van der Waals surface area contributed by atoms with Gasteiger partial charge < -0.3 is 14.5 Å². The molecule has 0 radical (unpaired) electrons. The molecule has 0 atom stereocenters. The van der Waals surface area contributed by atoms with Crippen LogP contribution in [0.4, 0.5) is 11.5 Å². The highest BCUT2D eigenvalue weighted by Crippen LogP contribution is 2.49. The molecular weight excluding hydrogens is 589 g/mol. The number of hydrogen-bond acceptors (Lipinski definition) is 5. The van der Waals surface area contributed by atoms with Crippen molar-refractivity contribution < 1.29 is 4.74 Å². The highest BCUT2D eigenvalue weighted by Gasteiger charge is 2.43. The SMILES string of the molecule is CC1=CN(c2ccccc2)CN1c1cc(C2CCCCC2)cc(Oc2cccc(-c3nccc4c3CC3(Cc5ccccc5C3)C4)c2)n1. The molecule has 5 heteroatoms. The lowest BCUT2D eigenvalue weighted by Crippen LogP contribution is -2.27. The molecule has 1 spiro atoms. The lowest BCUT2D eigenvalue weighted by molar-refractivity contribution is 0.326. The van der Waals surface area contributed by atoms with Gasteiger partial charge in [-0.2, -0.15) is 4.98 Å². The van der Waals surface area contributed by atoms with Crippen LogP contribution in [0.3, 0.4) is 0 Å². The second-order valence-corrected chi connectivity index (χ2v) is 14.5. The fraction of sp³-hybridized carbons (Fsp3) is 0.302. The van der Waals surface area contributed by atoms with E-state index in [9.17, 15) is 0 Å². The summed E-state index contributed by atoms with van der Waals surface area (Å²) in [5, 5.41) is 0. The molecule has 0 amide bonds. The third-order valence-electron chi connectivity index (χ3n) is 11.2. The van der Waals surface area contributed by atoms with Gasteiger partial charge in [0.05, 0.1) is 5.69 Å². The first kappa shape index (κ1) is 29.3. The van der Waals surface area contributed by atoms with Gasteiger partial charge in [0.15, 0.2) is 0 Å². The van der Waals surface area contributed by atoms with Gasteiger partial charge in [0, 0.05) is 35.4 Å². The van der Waals surface area contributed by atoms with Crippen molar-refractivity contribution in [1.29, 1.82) is 0 Å². The van der Waals surface area contributed by atoms with E-state index < -0.39 is 0 Å². The normalized spacial score (nSPS) is 18.2. The minimum Gasteiger partial charge on any atom is -0.439 e. The van der Waals surface area contributed by atoms with E-state index in [4.69, 9.17) is 14.7 Å². The van der Waals surface area contributed by atoms with E-state index in [0.29, 0.717) is 11.8 Å². The molecule has 3 heterocycles. The Morgan fingerprint density at radius 1 is 0.750 bits per heavy atom. The average molecular weight is 631 g/mol. The van der Waals surface area contributed by atoms with Crippen LogP contribution in [-0.2, 0) is 25.7 Å². The molecule has 2 aromatic heterocycles. The maximum atomic E-state index is 6.68. The van der Waals surface area contributed by atoms with Crippen molar-refractivity contribution in [2.45, 2.75) is 70.6 Å². The summed E-state index contributed by atoms with van der Waals surface area (Å²) in [6.45, 7) is 2.89. The van der Waals surface area contributed by atoms with E-state index in [1.165, 1.54) is 71.3 Å². The van der Waals surface area contributed by atoms with Gasteiger partial charge in [-0.05, 0) is 121 Å². The smallest absolute Gasteiger partial charge is 0.221 e.